The topological polar surface area (TPSA) is 41.1 Å². The summed E-state index contributed by atoms with van der Waals surface area (Å²) in [6.07, 6.45) is -3.80. The molecule has 1 aromatic rings. The van der Waals surface area contributed by atoms with Crippen LogP contribution < -0.4 is 10.6 Å². The van der Waals surface area contributed by atoms with Gasteiger partial charge in [-0.2, -0.15) is 13.2 Å². The number of rotatable bonds is 7. The highest BCUT2D eigenvalue weighted by atomic mass is 19.4. The first kappa shape index (κ1) is 19.5. The number of halogens is 3. The third-order valence-corrected chi connectivity index (χ3v) is 3.60. The van der Waals surface area contributed by atoms with Crippen LogP contribution >= 0.6 is 0 Å². The Bertz CT molecular complexity index is 515. The van der Waals surface area contributed by atoms with Crippen molar-refractivity contribution in [2.24, 2.45) is 11.8 Å². The first-order valence-corrected chi connectivity index (χ1v) is 7.77. The van der Waals surface area contributed by atoms with E-state index in [9.17, 15) is 18.0 Å². The normalized spacial score (nSPS) is 14.6. The Kier molecular flexibility index (Phi) is 7.06. The van der Waals surface area contributed by atoms with Crippen molar-refractivity contribution in [1.82, 2.24) is 10.6 Å². The predicted octanol–water partition coefficient (Wildman–Crippen LogP) is 3.76. The fourth-order valence-corrected chi connectivity index (χ4v) is 2.39. The zero-order chi connectivity index (χ0) is 17.6. The molecule has 1 aromatic carbocycles. The van der Waals surface area contributed by atoms with Crippen LogP contribution in [0.2, 0.25) is 0 Å². The molecule has 0 radical (unpaired) electrons. The maximum Gasteiger partial charge on any atom is 0.416 e. The second kappa shape index (κ2) is 8.34. The van der Waals surface area contributed by atoms with Crippen molar-refractivity contribution < 1.29 is 18.0 Å². The maximum atomic E-state index is 12.9. The van der Waals surface area contributed by atoms with Crippen LogP contribution in [0.3, 0.4) is 0 Å². The lowest BCUT2D eigenvalue weighted by Crippen LogP contribution is -2.37. The van der Waals surface area contributed by atoms with Crippen LogP contribution in [0.1, 0.15) is 44.4 Å². The summed E-state index contributed by atoms with van der Waals surface area (Å²) < 4.78 is 38.7. The number of benzene rings is 1. The van der Waals surface area contributed by atoms with Gasteiger partial charge >= 0.3 is 6.18 Å². The van der Waals surface area contributed by atoms with E-state index in [-0.39, 0.29) is 17.7 Å². The van der Waals surface area contributed by atoms with Crippen molar-refractivity contribution in [1.29, 1.82) is 0 Å². The average molecular weight is 330 g/mol. The summed E-state index contributed by atoms with van der Waals surface area (Å²) in [7, 11) is 1.75. The van der Waals surface area contributed by atoms with Crippen molar-refractivity contribution in [2.45, 2.75) is 39.4 Å². The summed E-state index contributed by atoms with van der Waals surface area (Å²) in [5, 5.41) is 5.80. The Morgan fingerprint density at radius 3 is 2.39 bits per heavy atom. The minimum atomic E-state index is -4.39. The Balaban J connectivity index is 3.00. The Hall–Kier alpha value is -1.56. The molecule has 0 heterocycles. The summed E-state index contributed by atoms with van der Waals surface area (Å²) in [6.45, 7) is 6.25. The molecule has 0 fully saturated rings. The number of amides is 1. The maximum absolute atomic E-state index is 12.9. The molecule has 2 atom stereocenters. The molecule has 6 heteroatoms. The van der Waals surface area contributed by atoms with Crippen molar-refractivity contribution in [3.8, 4) is 0 Å². The monoisotopic (exact) mass is 330 g/mol. The number of hydrogen-bond acceptors (Lipinski definition) is 2. The molecular weight excluding hydrogens is 305 g/mol. The van der Waals surface area contributed by atoms with Crippen LogP contribution in [0.5, 0.6) is 0 Å². The molecule has 130 valence electrons. The molecule has 0 aliphatic heterocycles. The van der Waals surface area contributed by atoms with Crippen LogP contribution in [0, 0.1) is 11.8 Å². The Morgan fingerprint density at radius 1 is 1.22 bits per heavy atom. The lowest BCUT2D eigenvalue weighted by Gasteiger charge is -2.24. The number of nitrogens with one attached hydrogen (secondary N) is 2. The molecule has 0 saturated heterocycles. The van der Waals surface area contributed by atoms with Gasteiger partial charge in [-0.05, 0) is 37.1 Å². The van der Waals surface area contributed by atoms with Crippen molar-refractivity contribution in [3.63, 3.8) is 0 Å². The third-order valence-electron chi connectivity index (χ3n) is 3.60. The van der Waals surface area contributed by atoms with Gasteiger partial charge in [0.15, 0.2) is 0 Å². The van der Waals surface area contributed by atoms with Crippen LogP contribution in [0.25, 0.3) is 0 Å². The van der Waals surface area contributed by atoms with E-state index in [1.54, 1.807) is 20.0 Å². The zero-order valence-electron chi connectivity index (χ0n) is 14.0. The van der Waals surface area contributed by atoms with Crippen LogP contribution in [0.15, 0.2) is 24.3 Å². The van der Waals surface area contributed by atoms with E-state index < -0.39 is 17.8 Å². The second-order valence-electron chi connectivity index (χ2n) is 6.27. The van der Waals surface area contributed by atoms with E-state index in [1.165, 1.54) is 6.07 Å². The SMILES string of the molecule is CNCC(C)C(=O)NC(CC(C)C)c1cccc(C(F)(F)F)c1. The molecule has 0 aromatic heterocycles. The van der Waals surface area contributed by atoms with Crippen molar-refractivity contribution in [3.05, 3.63) is 35.4 Å². The minimum absolute atomic E-state index is 0.164. The number of carbonyl (C=O) groups is 1. The van der Waals surface area contributed by atoms with E-state index in [2.05, 4.69) is 10.6 Å². The predicted molar refractivity (Wildman–Crippen MR) is 84.9 cm³/mol. The molecule has 1 amide bonds. The second-order valence-corrected chi connectivity index (χ2v) is 6.27. The summed E-state index contributed by atoms with van der Waals surface area (Å²) in [5.41, 5.74) is -0.209. The highest BCUT2D eigenvalue weighted by molar-refractivity contribution is 5.79. The lowest BCUT2D eigenvalue weighted by molar-refractivity contribution is -0.137. The first-order chi connectivity index (χ1) is 10.6. The van der Waals surface area contributed by atoms with Crippen molar-refractivity contribution >= 4 is 5.91 Å². The van der Waals surface area contributed by atoms with Gasteiger partial charge in [-0.1, -0.05) is 32.9 Å². The highest BCUT2D eigenvalue weighted by Gasteiger charge is 2.31. The van der Waals surface area contributed by atoms with Crippen molar-refractivity contribution in [2.75, 3.05) is 13.6 Å². The van der Waals surface area contributed by atoms with Gasteiger partial charge in [0.25, 0.3) is 0 Å². The van der Waals surface area contributed by atoms with Gasteiger partial charge < -0.3 is 10.6 Å². The molecule has 2 N–H and O–H groups in total. The standard InChI is InChI=1S/C17H25F3N2O/c1-11(2)8-15(22-16(23)12(3)10-21-4)13-6-5-7-14(9-13)17(18,19)20/h5-7,9,11-12,15,21H,8,10H2,1-4H3,(H,22,23). The fraction of sp³-hybridized carbons (Fsp3) is 0.588. The fourth-order valence-electron chi connectivity index (χ4n) is 2.39. The number of hydrogen-bond donors (Lipinski definition) is 2. The average Bonchev–Trinajstić information content (AvgIpc) is 2.45. The Labute approximate surface area is 135 Å². The molecule has 1 rings (SSSR count). The van der Waals surface area contributed by atoms with Gasteiger partial charge in [-0.15, -0.1) is 0 Å². The Morgan fingerprint density at radius 2 is 1.87 bits per heavy atom. The molecule has 2 unspecified atom stereocenters. The lowest BCUT2D eigenvalue weighted by atomic mass is 9.95. The molecule has 3 nitrogen and oxygen atoms in total. The number of alkyl halides is 3. The van der Waals surface area contributed by atoms with Crippen LogP contribution in [-0.2, 0) is 11.0 Å². The van der Waals surface area contributed by atoms with E-state index >= 15 is 0 Å². The smallest absolute Gasteiger partial charge is 0.349 e. The molecule has 0 aliphatic carbocycles. The zero-order valence-corrected chi connectivity index (χ0v) is 14.0. The van der Waals surface area contributed by atoms with E-state index in [0.717, 1.165) is 12.1 Å². The molecule has 23 heavy (non-hydrogen) atoms. The van der Waals surface area contributed by atoms with E-state index in [4.69, 9.17) is 0 Å². The largest absolute Gasteiger partial charge is 0.416 e. The number of carbonyl (C=O) groups excluding carboxylic acids is 1. The van der Waals surface area contributed by atoms with Gasteiger partial charge in [-0.25, -0.2) is 0 Å². The van der Waals surface area contributed by atoms with Gasteiger partial charge in [0, 0.05) is 12.5 Å². The molecular formula is C17H25F3N2O. The quantitative estimate of drug-likeness (QED) is 0.799. The highest BCUT2D eigenvalue weighted by Crippen LogP contribution is 2.32. The van der Waals surface area contributed by atoms with Gasteiger partial charge in [0.05, 0.1) is 11.6 Å². The third kappa shape index (κ3) is 6.22. The van der Waals surface area contributed by atoms with Gasteiger partial charge in [0.1, 0.15) is 0 Å². The molecule has 0 aliphatic rings. The summed E-state index contributed by atoms with van der Waals surface area (Å²) in [5.74, 6) is -0.169. The van der Waals surface area contributed by atoms with E-state index in [1.807, 2.05) is 13.8 Å². The first-order valence-electron chi connectivity index (χ1n) is 7.77. The van der Waals surface area contributed by atoms with E-state index in [0.29, 0.717) is 18.5 Å². The summed E-state index contributed by atoms with van der Waals surface area (Å²) >= 11 is 0. The van der Waals surface area contributed by atoms with Crippen LogP contribution in [-0.4, -0.2) is 19.5 Å². The molecule has 0 spiro atoms. The summed E-state index contributed by atoms with van der Waals surface area (Å²) in [6, 6.07) is 4.75. The molecule has 0 bridgehead atoms. The van der Waals surface area contributed by atoms with Gasteiger partial charge in [0.2, 0.25) is 5.91 Å². The summed E-state index contributed by atoms with van der Waals surface area (Å²) in [4.78, 5) is 12.2. The van der Waals surface area contributed by atoms with Gasteiger partial charge in [-0.3, -0.25) is 4.79 Å². The molecule has 0 saturated carbocycles. The van der Waals surface area contributed by atoms with Crippen LogP contribution in [0.4, 0.5) is 13.2 Å². The minimum Gasteiger partial charge on any atom is -0.349 e.